The van der Waals surface area contributed by atoms with Gasteiger partial charge in [0.2, 0.25) is 11.8 Å². The molecule has 214 valence electrons. The van der Waals surface area contributed by atoms with E-state index >= 15 is 0 Å². The topological polar surface area (TPSA) is 96.0 Å². The summed E-state index contributed by atoms with van der Waals surface area (Å²) in [5.41, 5.74) is 2.09. The molecule has 0 aliphatic carbocycles. The van der Waals surface area contributed by atoms with Crippen LogP contribution in [0.15, 0.2) is 77.7 Å². The lowest BCUT2D eigenvalue weighted by molar-refractivity contribution is -0.139. The number of halogens is 1. The van der Waals surface area contributed by atoms with Crippen molar-refractivity contribution in [2.24, 2.45) is 0 Å². The molecule has 40 heavy (non-hydrogen) atoms. The van der Waals surface area contributed by atoms with Gasteiger partial charge in [0.05, 0.1) is 17.2 Å². The fraction of sp³-hybridized carbons (Fsp3) is 0.333. The SMILES string of the molecule is CCCNC(=O)C(C)N(Cc1ccc(C)cc1)C(=O)CN(c1ccccc1OCC)S(=O)(=O)c1ccc(Cl)cc1. The highest BCUT2D eigenvalue weighted by Crippen LogP contribution is 2.33. The van der Waals surface area contributed by atoms with E-state index in [2.05, 4.69) is 5.32 Å². The Kier molecular flexibility index (Phi) is 11.0. The summed E-state index contributed by atoms with van der Waals surface area (Å²) >= 11 is 6.01. The summed E-state index contributed by atoms with van der Waals surface area (Å²) in [6.45, 7) is 7.68. The number of aryl methyl sites for hydroxylation is 1. The molecule has 0 fully saturated rings. The molecule has 2 amide bonds. The number of amides is 2. The Morgan fingerprint density at radius 1 is 0.975 bits per heavy atom. The molecule has 0 saturated carbocycles. The zero-order chi connectivity index (χ0) is 29.3. The van der Waals surface area contributed by atoms with E-state index in [1.165, 1.54) is 29.2 Å². The third kappa shape index (κ3) is 7.76. The molecular formula is C30H36ClN3O5S. The van der Waals surface area contributed by atoms with Crippen LogP contribution >= 0.6 is 11.6 Å². The van der Waals surface area contributed by atoms with Crippen LogP contribution in [0.4, 0.5) is 5.69 Å². The number of carbonyl (C=O) groups excluding carboxylic acids is 2. The number of hydrogen-bond acceptors (Lipinski definition) is 5. The number of benzene rings is 3. The highest BCUT2D eigenvalue weighted by Gasteiger charge is 2.33. The first kappa shape index (κ1) is 31.0. The largest absolute Gasteiger partial charge is 0.492 e. The van der Waals surface area contributed by atoms with Crippen LogP contribution in [0.25, 0.3) is 0 Å². The van der Waals surface area contributed by atoms with E-state index in [1.807, 2.05) is 38.1 Å². The Balaban J connectivity index is 2.06. The Morgan fingerprint density at radius 3 is 2.25 bits per heavy atom. The van der Waals surface area contributed by atoms with Crippen molar-refractivity contribution < 1.29 is 22.7 Å². The van der Waals surface area contributed by atoms with Crippen LogP contribution in [0, 0.1) is 6.92 Å². The van der Waals surface area contributed by atoms with Crippen molar-refractivity contribution in [1.82, 2.24) is 10.2 Å². The van der Waals surface area contributed by atoms with E-state index in [1.54, 1.807) is 38.1 Å². The second-order valence-corrected chi connectivity index (χ2v) is 11.6. The Labute approximate surface area is 241 Å². The molecule has 3 aromatic carbocycles. The van der Waals surface area contributed by atoms with Gasteiger partial charge in [0.15, 0.2) is 0 Å². The third-order valence-electron chi connectivity index (χ3n) is 6.30. The first-order valence-corrected chi connectivity index (χ1v) is 15.0. The first-order valence-electron chi connectivity index (χ1n) is 13.2. The Bertz CT molecular complexity index is 1400. The molecule has 0 heterocycles. The van der Waals surface area contributed by atoms with Gasteiger partial charge in [-0.1, -0.05) is 60.5 Å². The average Bonchev–Trinajstić information content (AvgIpc) is 2.94. The first-order chi connectivity index (χ1) is 19.1. The fourth-order valence-electron chi connectivity index (χ4n) is 4.06. The summed E-state index contributed by atoms with van der Waals surface area (Å²) < 4.78 is 34.7. The summed E-state index contributed by atoms with van der Waals surface area (Å²) in [5.74, 6) is -0.540. The number of hydrogen-bond donors (Lipinski definition) is 1. The minimum absolute atomic E-state index is 0.0326. The third-order valence-corrected chi connectivity index (χ3v) is 8.33. The molecule has 1 N–H and O–H groups in total. The van der Waals surface area contributed by atoms with E-state index in [9.17, 15) is 18.0 Å². The van der Waals surface area contributed by atoms with Gasteiger partial charge in [-0.15, -0.1) is 0 Å². The van der Waals surface area contributed by atoms with Crippen molar-refractivity contribution in [1.29, 1.82) is 0 Å². The summed E-state index contributed by atoms with van der Waals surface area (Å²) in [7, 11) is -4.23. The molecule has 0 bridgehead atoms. The molecule has 0 aromatic heterocycles. The molecule has 3 rings (SSSR count). The lowest BCUT2D eigenvalue weighted by Gasteiger charge is -2.32. The predicted molar refractivity (Wildman–Crippen MR) is 158 cm³/mol. The summed E-state index contributed by atoms with van der Waals surface area (Å²) in [4.78, 5) is 28.3. The van der Waals surface area contributed by atoms with Crippen molar-refractivity contribution in [3.8, 4) is 5.75 Å². The molecule has 0 aliphatic rings. The second-order valence-electron chi connectivity index (χ2n) is 9.34. The van der Waals surface area contributed by atoms with Gasteiger partial charge in [0.25, 0.3) is 10.0 Å². The number of nitrogens with one attached hydrogen (secondary N) is 1. The minimum Gasteiger partial charge on any atom is -0.492 e. The van der Waals surface area contributed by atoms with Crippen LogP contribution in [0.5, 0.6) is 5.75 Å². The number of nitrogens with zero attached hydrogens (tertiary/aromatic N) is 2. The van der Waals surface area contributed by atoms with Crippen molar-refractivity contribution in [3.05, 3.63) is 88.9 Å². The fourth-order valence-corrected chi connectivity index (χ4v) is 5.61. The number of para-hydroxylation sites is 2. The van der Waals surface area contributed by atoms with Gasteiger partial charge in [-0.2, -0.15) is 0 Å². The maximum atomic E-state index is 14.0. The average molecular weight is 586 g/mol. The lowest BCUT2D eigenvalue weighted by Crippen LogP contribution is -2.51. The van der Waals surface area contributed by atoms with Crippen molar-refractivity contribution >= 4 is 39.1 Å². The normalized spacial score (nSPS) is 11.9. The zero-order valence-corrected chi connectivity index (χ0v) is 24.8. The quantitative estimate of drug-likeness (QED) is 0.298. The van der Waals surface area contributed by atoms with Crippen LogP contribution in [-0.2, 0) is 26.2 Å². The standard InChI is InChI=1S/C30H36ClN3O5S/c1-5-19-32-30(36)23(4)33(20-24-13-11-22(3)12-14-24)29(35)21-34(27-9-7-8-10-28(27)39-6-2)40(37,38)26-17-15-25(31)16-18-26/h7-18,23H,5-6,19-21H2,1-4H3,(H,32,36). The summed E-state index contributed by atoms with van der Waals surface area (Å²) in [6, 6.07) is 19.2. The molecule has 1 unspecified atom stereocenters. The Morgan fingerprint density at radius 2 is 1.62 bits per heavy atom. The van der Waals surface area contributed by atoms with Crippen LogP contribution in [0.1, 0.15) is 38.3 Å². The van der Waals surface area contributed by atoms with Gasteiger partial charge in [-0.05, 0) is 69.2 Å². The molecule has 10 heteroatoms. The van der Waals surface area contributed by atoms with E-state index in [4.69, 9.17) is 16.3 Å². The minimum atomic E-state index is -4.23. The molecule has 3 aromatic rings. The van der Waals surface area contributed by atoms with E-state index < -0.39 is 28.5 Å². The van der Waals surface area contributed by atoms with Gasteiger partial charge in [0.1, 0.15) is 18.3 Å². The van der Waals surface area contributed by atoms with E-state index in [-0.39, 0.29) is 23.0 Å². The molecule has 0 radical (unpaired) electrons. The second kappa shape index (κ2) is 14.2. The maximum absolute atomic E-state index is 14.0. The van der Waals surface area contributed by atoms with Gasteiger partial charge >= 0.3 is 0 Å². The smallest absolute Gasteiger partial charge is 0.264 e. The Hall–Kier alpha value is -3.56. The van der Waals surface area contributed by atoms with Gasteiger partial charge < -0.3 is 15.0 Å². The zero-order valence-electron chi connectivity index (χ0n) is 23.3. The summed E-state index contributed by atoms with van der Waals surface area (Å²) in [6.07, 6.45) is 0.742. The van der Waals surface area contributed by atoms with Crippen molar-refractivity contribution in [2.75, 3.05) is 24.0 Å². The number of ether oxygens (including phenoxy) is 1. The maximum Gasteiger partial charge on any atom is 0.264 e. The van der Waals surface area contributed by atoms with Crippen molar-refractivity contribution in [2.45, 2.75) is 51.6 Å². The molecule has 8 nitrogen and oxygen atoms in total. The molecular weight excluding hydrogens is 550 g/mol. The number of carbonyl (C=O) groups is 2. The van der Waals surface area contributed by atoms with E-state index in [0.29, 0.717) is 23.9 Å². The van der Waals surface area contributed by atoms with E-state index in [0.717, 1.165) is 21.9 Å². The van der Waals surface area contributed by atoms with Gasteiger partial charge in [-0.3, -0.25) is 13.9 Å². The number of rotatable bonds is 13. The summed E-state index contributed by atoms with van der Waals surface area (Å²) in [5, 5.41) is 3.22. The van der Waals surface area contributed by atoms with Gasteiger partial charge in [0, 0.05) is 18.1 Å². The lowest BCUT2D eigenvalue weighted by atomic mass is 10.1. The highest BCUT2D eigenvalue weighted by atomic mass is 35.5. The van der Waals surface area contributed by atoms with Crippen LogP contribution in [0.2, 0.25) is 5.02 Å². The van der Waals surface area contributed by atoms with Gasteiger partial charge in [-0.25, -0.2) is 8.42 Å². The molecule has 1 atom stereocenters. The highest BCUT2D eigenvalue weighted by molar-refractivity contribution is 7.92. The van der Waals surface area contributed by atoms with Crippen molar-refractivity contribution in [3.63, 3.8) is 0 Å². The monoisotopic (exact) mass is 585 g/mol. The predicted octanol–water partition coefficient (Wildman–Crippen LogP) is 5.19. The number of anilines is 1. The van der Waals surface area contributed by atoms with Crippen LogP contribution < -0.4 is 14.4 Å². The van der Waals surface area contributed by atoms with Crippen LogP contribution in [0.3, 0.4) is 0 Å². The molecule has 0 saturated heterocycles. The number of sulfonamides is 1. The molecule has 0 spiro atoms. The van der Waals surface area contributed by atoms with Crippen LogP contribution in [-0.4, -0.2) is 50.9 Å². The molecule has 0 aliphatic heterocycles.